The third-order valence-electron chi connectivity index (χ3n) is 4.36. The van der Waals surface area contributed by atoms with E-state index in [1.165, 1.54) is 11.8 Å². The lowest BCUT2D eigenvalue weighted by Crippen LogP contribution is -2.46. The molecule has 0 atom stereocenters. The number of nitrogens with one attached hydrogen (secondary N) is 1. The molecule has 0 saturated carbocycles. The summed E-state index contributed by atoms with van der Waals surface area (Å²) in [4.78, 5) is 21.2. The lowest BCUT2D eigenvalue weighted by molar-refractivity contribution is -0.111. The number of anilines is 2. The van der Waals surface area contributed by atoms with E-state index in [0.29, 0.717) is 0 Å². The Morgan fingerprint density at radius 1 is 1.24 bits per heavy atom. The van der Waals surface area contributed by atoms with Crippen molar-refractivity contribution < 1.29 is 4.79 Å². The van der Waals surface area contributed by atoms with Crippen LogP contribution in [0.2, 0.25) is 0 Å². The van der Waals surface area contributed by atoms with Gasteiger partial charge in [0, 0.05) is 49.0 Å². The number of rotatable bonds is 5. The van der Waals surface area contributed by atoms with E-state index >= 15 is 0 Å². The fourth-order valence-electron chi connectivity index (χ4n) is 2.88. The first-order valence-corrected chi connectivity index (χ1v) is 9.50. The first-order chi connectivity index (χ1) is 12.1. The zero-order chi connectivity index (χ0) is 17.6. The van der Waals surface area contributed by atoms with Crippen molar-refractivity contribution in [2.45, 2.75) is 13.8 Å². The molecule has 2 heterocycles. The highest BCUT2D eigenvalue weighted by Gasteiger charge is 2.15. The standard InChI is InChI=1S/C19H24N4OS/c1-3-22-10-12-23(13-11-22)18-7-4-16(5-8-18)21-19(24)9-6-17-14-25-15(2)20-17/h4-9,14H,3,10-13H2,1-2H3,(H,21,24)/b9-6+. The predicted molar refractivity (Wildman–Crippen MR) is 105 cm³/mol. The number of benzene rings is 1. The smallest absolute Gasteiger partial charge is 0.248 e. The summed E-state index contributed by atoms with van der Waals surface area (Å²) < 4.78 is 0. The Morgan fingerprint density at radius 3 is 2.56 bits per heavy atom. The molecule has 25 heavy (non-hydrogen) atoms. The van der Waals surface area contributed by atoms with Crippen LogP contribution >= 0.6 is 11.3 Å². The van der Waals surface area contributed by atoms with Gasteiger partial charge in [0.25, 0.3) is 0 Å². The molecule has 0 bridgehead atoms. The minimum atomic E-state index is -0.144. The number of aryl methyl sites for hydroxylation is 1. The second-order valence-electron chi connectivity index (χ2n) is 6.08. The fraction of sp³-hybridized carbons (Fsp3) is 0.368. The van der Waals surface area contributed by atoms with E-state index in [9.17, 15) is 4.79 Å². The summed E-state index contributed by atoms with van der Waals surface area (Å²) in [5.41, 5.74) is 2.83. The summed E-state index contributed by atoms with van der Waals surface area (Å²) in [7, 11) is 0. The molecule has 0 aliphatic carbocycles. The van der Waals surface area contributed by atoms with Crippen LogP contribution in [-0.2, 0) is 4.79 Å². The van der Waals surface area contributed by atoms with Crippen LogP contribution in [0.15, 0.2) is 35.7 Å². The van der Waals surface area contributed by atoms with Crippen LogP contribution < -0.4 is 10.2 Å². The van der Waals surface area contributed by atoms with Crippen molar-refractivity contribution in [3.8, 4) is 0 Å². The highest BCUT2D eigenvalue weighted by Crippen LogP contribution is 2.19. The molecule has 1 fully saturated rings. The van der Waals surface area contributed by atoms with Crippen LogP contribution in [0.5, 0.6) is 0 Å². The van der Waals surface area contributed by atoms with E-state index in [-0.39, 0.29) is 5.91 Å². The molecule has 0 spiro atoms. The topological polar surface area (TPSA) is 48.5 Å². The SMILES string of the molecule is CCN1CCN(c2ccc(NC(=O)/C=C/c3csc(C)n3)cc2)CC1. The number of carbonyl (C=O) groups is 1. The summed E-state index contributed by atoms with van der Waals surface area (Å²) in [5, 5.41) is 5.82. The van der Waals surface area contributed by atoms with E-state index in [1.807, 2.05) is 24.4 Å². The predicted octanol–water partition coefficient (Wildman–Crippen LogP) is 3.25. The number of hydrogen-bond donors (Lipinski definition) is 1. The fourth-order valence-corrected chi connectivity index (χ4v) is 3.46. The minimum absolute atomic E-state index is 0.144. The van der Waals surface area contributed by atoms with Crippen LogP contribution in [0.4, 0.5) is 11.4 Å². The average Bonchev–Trinajstić information content (AvgIpc) is 3.06. The average molecular weight is 356 g/mol. The Kier molecular flexibility index (Phi) is 5.83. The molecule has 1 aliphatic rings. The van der Waals surface area contributed by atoms with Gasteiger partial charge in [0.05, 0.1) is 10.7 Å². The van der Waals surface area contributed by atoms with Crippen molar-refractivity contribution in [2.24, 2.45) is 0 Å². The molecule has 1 amide bonds. The summed E-state index contributed by atoms with van der Waals surface area (Å²) in [6.07, 6.45) is 3.26. The zero-order valence-corrected chi connectivity index (χ0v) is 15.6. The third kappa shape index (κ3) is 4.90. The molecule has 0 unspecified atom stereocenters. The zero-order valence-electron chi connectivity index (χ0n) is 14.7. The Bertz CT molecular complexity index is 730. The van der Waals surface area contributed by atoms with Gasteiger partial charge in [-0.2, -0.15) is 0 Å². The van der Waals surface area contributed by atoms with E-state index in [4.69, 9.17) is 0 Å². The second-order valence-corrected chi connectivity index (χ2v) is 7.14. The second kappa shape index (κ2) is 8.27. The van der Waals surface area contributed by atoms with Gasteiger partial charge in [0.2, 0.25) is 5.91 Å². The normalized spacial score (nSPS) is 15.7. The van der Waals surface area contributed by atoms with Gasteiger partial charge >= 0.3 is 0 Å². The highest BCUT2D eigenvalue weighted by atomic mass is 32.1. The summed E-state index contributed by atoms with van der Waals surface area (Å²) in [6, 6.07) is 8.07. The number of hydrogen-bond acceptors (Lipinski definition) is 5. The largest absolute Gasteiger partial charge is 0.369 e. The summed E-state index contributed by atoms with van der Waals surface area (Å²) >= 11 is 1.57. The highest BCUT2D eigenvalue weighted by molar-refractivity contribution is 7.09. The number of piperazine rings is 1. The number of carbonyl (C=O) groups excluding carboxylic acids is 1. The lowest BCUT2D eigenvalue weighted by atomic mass is 10.2. The molecule has 1 N–H and O–H groups in total. The van der Waals surface area contributed by atoms with Gasteiger partial charge in [-0.1, -0.05) is 6.92 Å². The van der Waals surface area contributed by atoms with Gasteiger partial charge in [-0.05, 0) is 43.8 Å². The third-order valence-corrected chi connectivity index (χ3v) is 5.15. The summed E-state index contributed by atoms with van der Waals surface area (Å²) in [6.45, 7) is 9.59. The Balaban J connectivity index is 1.53. The van der Waals surface area contributed by atoms with Gasteiger partial charge in [0.1, 0.15) is 0 Å². The molecular formula is C19H24N4OS. The van der Waals surface area contributed by atoms with E-state index in [2.05, 4.69) is 39.2 Å². The van der Waals surface area contributed by atoms with Crippen LogP contribution in [0.1, 0.15) is 17.6 Å². The van der Waals surface area contributed by atoms with Gasteiger partial charge < -0.3 is 15.1 Å². The molecule has 132 valence electrons. The molecule has 1 aromatic heterocycles. The minimum Gasteiger partial charge on any atom is -0.369 e. The van der Waals surface area contributed by atoms with Crippen molar-refractivity contribution in [1.29, 1.82) is 0 Å². The molecule has 3 rings (SSSR count). The van der Waals surface area contributed by atoms with Gasteiger partial charge in [-0.25, -0.2) is 4.98 Å². The van der Waals surface area contributed by atoms with E-state index < -0.39 is 0 Å². The van der Waals surface area contributed by atoms with Gasteiger partial charge in [-0.3, -0.25) is 4.79 Å². The molecule has 1 saturated heterocycles. The van der Waals surface area contributed by atoms with Crippen molar-refractivity contribution in [1.82, 2.24) is 9.88 Å². The maximum atomic E-state index is 12.0. The molecule has 6 heteroatoms. The molecule has 2 aromatic rings. The number of aromatic nitrogens is 1. The Hall–Kier alpha value is -2.18. The van der Waals surface area contributed by atoms with Gasteiger partial charge in [0.15, 0.2) is 0 Å². The monoisotopic (exact) mass is 356 g/mol. The van der Waals surface area contributed by atoms with E-state index in [1.54, 1.807) is 17.4 Å². The molecular weight excluding hydrogens is 332 g/mol. The van der Waals surface area contributed by atoms with Crippen molar-refractivity contribution in [3.63, 3.8) is 0 Å². The van der Waals surface area contributed by atoms with Crippen molar-refractivity contribution in [2.75, 3.05) is 42.9 Å². The van der Waals surface area contributed by atoms with Crippen LogP contribution in [0.3, 0.4) is 0 Å². The van der Waals surface area contributed by atoms with Crippen LogP contribution in [0, 0.1) is 6.92 Å². The van der Waals surface area contributed by atoms with Crippen molar-refractivity contribution in [3.05, 3.63) is 46.4 Å². The maximum absolute atomic E-state index is 12.0. The van der Waals surface area contributed by atoms with Crippen LogP contribution in [0.25, 0.3) is 6.08 Å². The number of amides is 1. The Morgan fingerprint density at radius 2 is 1.96 bits per heavy atom. The Labute approximate surface area is 153 Å². The molecule has 1 aliphatic heterocycles. The quantitative estimate of drug-likeness (QED) is 0.836. The van der Waals surface area contributed by atoms with Gasteiger partial charge in [-0.15, -0.1) is 11.3 Å². The van der Waals surface area contributed by atoms with Crippen molar-refractivity contribution >= 4 is 34.7 Å². The summed E-state index contributed by atoms with van der Waals surface area (Å²) in [5.74, 6) is -0.144. The first-order valence-electron chi connectivity index (χ1n) is 8.62. The van der Waals surface area contributed by atoms with E-state index in [0.717, 1.165) is 49.1 Å². The maximum Gasteiger partial charge on any atom is 0.248 e. The molecule has 0 radical (unpaired) electrons. The van der Waals surface area contributed by atoms with Crippen LogP contribution in [-0.4, -0.2) is 48.5 Å². The first kappa shape index (κ1) is 17.6. The number of nitrogens with zero attached hydrogens (tertiary/aromatic N) is 3. The number of thiazole rings is 1. The molecule has 1 aromatic carbocycles. The number of likely N-dealkylation sites (N-methyl/N-ethyl adjacent to an activating group) is 1. The lowest BCUT2D eigenvalue weighted by Gasteiger charge is -2.35. The molecule has 5 nitrogen and oxygen atoms in total.